The summed E-state index contributed by atoms with van der Waals surface area (Å²) in [6, 6.07) is 7.22. The lowest BCUT2D eigenvalue weighted by atomic mass is 10.2. The maximum absolute atomic E-state index is 14.5. The molecule has 0 aliphatic heterocycles. The summed E-state index contributed by atoms with van der Waals surface area (Å²) in [5, 5.41) is 0.614. The zero-order valence-corrected chi connectivity index (χ0v) is 18.3. The smallest absolute Gasteiger partial charge is 0.340 e. The fraction of sp³-hybridized carbons (Fsp3) is 0.261. The zero-order chi connectivity index (χ0) is 24.1. The number of halogens is 3. The van der Waals surface area contributed by atoms with Crippen LogP contribution < -0.4 is 5.73 Å². The predicted octanol–water partition coefficient (Wildman–Crippen LogP) is 4.36. The Labute approximate surface area is 187 Å². The molecule has 0 amide bonds. The lowest BCUT2D eigenvalue weighted by molar-refractivity contribution is 0.0379. The summed E-state index contributed by atoms with van der Waals surface area (Å²) in [6.45, 7) is 4.25. The number of rotatable bonds is 6. The van der Waals surface area contributed by atoms with Crippen LogP contribution in [0.2, 0.25) is 0 Å². The van der Waals surface area contributed by atoms with E-state index in [2.05, 4.69) is 21.3 Å². The van der Waals surface area contributed by atoms with Crippen molar-refractivity contribution in [1.29, 1.82) is 0 Å². The van der Waals surface area contributed by atoms with Crippen LogP contribution in [-0.4, -0.2) is 38.1 Å². The molecule has 0 radical (unpaired) electrons. The first-order chi connectivity index (χ1) is 15.6. The Morgan fingerprint density at radius 1 is 1.30 bits per heavy atom. The maximum atomic E-state index is 14.5. The second kappa shape index (κ2) is 8.04. The van der Waals surface area contributed by atoms with Gasteiger partial charge in [0, 0.05) is 24.5 Å². The molecular weight excluding hydrogens is 435 g/mol. The van der Waals surface area contributed by atoms with Gasteiger partial charge in [-0.05, 0) is 37.3 Å². The first-order valence-electron chi connectivity index (χ1n) is 10.1. The molecule has 0 unspecified atom stereocenters. The summed E-state index contributed by atoms with van der Waals surface area (Å²) in [4.78, 5) is 20.9. The Balaban J connectivity index is 1.99. The van der Waals surface area contributed by atoms with E-state index >= 15 is 0 Å². The monoisotopic (exact) mass is 457 g/mol. The standard InChI is InChI=1S/C23H22F3N5O2/c1-5-23(25,26)11-31-19(8-13-6-7-16(12(2)27)28-20(13)31)21-29-17-9-14(22(32)33-4)15(24)10-18(17)30(21)3/h5-10,12H,1,11,27H2,2-4H3/t12-/m1/s1. The van der Waals surface area contributed by atoms with Crippen LogP contribution >= 0.6 is 0 Å². The third-order valence-electron chi connectivity index (χ3n) is 5.50. The van der Waals surface area contributed by atoms with Crippen molar-refractivity contribution in [3.8, 4) is 11.5 Å². The maximum Gasteiger partial charge on any atom is 0.340 e. The molecule has 2 N–H and O–H groups in total. The van der Waals surface area contributed by atoms with E-state index < -0.39 is 30.3 Å². The van der Waals surface area contributed by atoms with Crippen molar-refractivity contribution in [2.24, 2.45) is 12.8 Å². The van der Waals surface area contributed by atoms with Gasteiger partial charge < -0.3 is 19.6 Å². The summed E-state index contributed by atoms with van der Waals surface area (Å²) in [5.41, 5.74) is 7.57. The number of fused-ring (bicyclic) bond motifs is 2. The average molecular weight is 457 g/mol. The molecule has 0 saturated heterocycles. The van der Waals surface area contributed by atoms with E-state index in [1.165, 1.54) is 10.6 Å². The Bertz CT molecular complexity index is 1400. The third-order valence-corrected chi connectivity index (χ3v) is 5.50. The minimum absolute atomic E-state index is 0.267. The lowest BCUT2D eigenvalue weighted by Gasteiger charge is -2.16. The SMILES string of the molecule is C=CC(F)(F)Cn1c(-c2nc3cc(C(=O)OC)c(F)cc3n2C)cc2ccc([C@@H](C)N)nc21. The number of aromatic nitrogens is 4. The number of aryl methyl sites for hydroxylation is 1. The molecule has 4 rings (SSSR count). The fourth-order valence-electron chi connectivity index (χ4n) is 3.72. The minimum atomic E-state index is -3.22. The molecular formula is C23H22F3N5O2. The minimum Gasteiger partial charge on any atom is -0.465 e. The summed E-state index contributed by atoms with van der Waals surface area (Å²) in [5.74, 6) is -4.53. The van der Waals surface area contributed by atoms with E-state index in [1.807, 2.05) is 0 Å². The molecule has 1 aromatic carbocycles. The van der Waals surface area contributed by atoms with Crippen LogP contribution in [0.15, 0.2) is 43.0 Å². The first-order valence-corrected chi connectivity index (χ1v) is 10.1. The van der Waals surface area contributed by atoms with Crippen LogP contribution in [0.5, 0.6) is 0 Å². The van der Waals surface area contributed by atoms with Gasteiger partial charge in [-0.2, -0.15) is 0 Å². The van der Waals surface area contributed by atoms with Gasteiger partial charge in [0.1, 0.15) is 11.5 Å². The van der Waals surface area contributed by atoms with Crippen molar-refractivity contribution >= 4 is 28.0 Å². The Kier molecular flexibility index (Phi) is 5.49. The highest BCUT2D eigenvalue weighted by Crippen LogP contribution is 2.33. The van der Waals surface area contributed by atoms with Gasteiger partial charge >= 0.3 is 5.97 Å². The predicted molar refractivity (Wildman–Crippen MR) is 118 cm³/mol. The first kappa shape index (κ1) is 22.5. The molecule has 3 aromatic heterocycles. The third kappa shape index (κ3) is 3.86. The van der Waals surface area contributed by atoms with E-state index in [-0.39, 0.29) is 5.56 Å². The van der Waals surface area contributed by atoms with Crippen LogP contribution in [-0.2, 0) is 18.3 Å². The molecule has 7 nitrogen and oxygen atoms in total. The molecule has 0 aliphatic carbocycles. The zero-order valence-electron chi connectivity index (χ0n) is 18.3. The number of methoxy groups -OCH3 is 1. The number of carbonyl (C=O) groups excluding carboxylic acids is 1. The summed E-state index contributed by atoms with van der Waals surface area (Å²) >= 11 is 0. The second-order valence-electron chi connectivity index (χ2n) is 7.83. The van der Waals surface area contributed by atoms with Crippen LogP contribution in [0, 0.1) is 5.82 Å². The molecule has 0 fully saturated rings. The molecule has 4 aromatic rings. The number of hydrogen-bond donors (Lipinski definition) is 1. The van der Waals surface area contributed by atoms with E-state index in [0.717, 1.165) is 13.2 Å². The molecule has 3 heterocycles. The van der Waals surface area contributed by atoms with Gasteiger partial charge in [0.25, 0.3) is 5.92 Å². The van der Waals surface area contributed by atoms with Crippen LogP contribution in [0.4, 0.5) is 13.2 Å². The fourth-order valence-corrected chi connectivity index (χ4v) is 3.72. The molecule has 0 aliphatic rings. The van der Waals surface area contributed by atoms with E-state index in [4.69, 9.17) is 5.73 Å². The van der Waals surface area contributed by atoms with Crippen molar-refractivity contribution in [3.63, 3.8) is 0 Å². The molecule has 172 valence electrons. The Morgan fingerprint density at radius 3 is 2.67 bits per heavy atom. The van der Waals surface area contributed by atoms with E-state index in [1.54, 1.807) is 36.7 Å². The van der Waals surface area contributed by atoms with E-state index in [0.29, 0.717) is 45.4 Å². The number of alkyl halides is 2. The second-order valence-corrected chi connectivity index (χ2v) is 7.83. The number of nitrogens with two attached hydrogens (primary N) is 1. The van der Waals surface area contributed by atoms with Crippen LogP contribution in [0.1, 0.15) is 29.0 Å². The molecule has 33 heavy (non-hydrogen) atoms. The van der Waals surface area contributed by atoms with E-state index in [9.17, 15) is 18.0 Å². The summed E-state index contributed by atoms with van der Waals surface area (Å²) in [6.07, 6.45) is 0.574. The van der Waals surface area contributed by atoms with Gasteiger partial charge in [-0.15, -0.1) is 0 Å². The van der Waals surface area contributed by atoms with Crippen molar-refractivity contribution in [2.75, 3.05) is 7.11 Å². The highest BCUT2D eigenvalue weighted by molar-refractivity contribution is 5.95. The number of ether oxygens (including phenoxy) is 1. The molecule has 0 saturated carbocycles. The van der Waals surface area contributed by atoms with Crippen molar-refractivity contribution in [2.45, 2.75) is 25.4 Å². The number of nitrogens with zero attached hydrogens (tertiary/aromatic N) is 4. The number of esters is 1. The largest absolute Gasteiger partial charge is 0.465 e. The van der Waals surface area contributed by atoms with Crippen LogP contribution in [0.3, 0.4) is 0 Å². The lowest BCUT2D eigenvalue weighted by Crippen LogP contribution is -2.22. The average Bonchev–Trinajstić information content (AvgIpc) is 3.29. The van der Waals surface area contributed by atoms with Crippen molar-refractivity contribution < 1.29 is 22.7 Å². The van der Waals surface area contributed by atoms with Gasteiger partial charge in [-0.25, -0.2) is 27.9 Å². The number of benzene rings is 1. The highest BCUT2D eigenvalue weighted by Gasteiger charge is 2.29. The number of carbonyl (C=O) groups is 1. The van der Waals surface area contributed by atoms with Gasteiger partial charge in [-0.3, -0.25) is 0 Å². The van der Waals surface area contributed by atoms with Crippen molar-refractivity contribution in [1.82, 2.24) is 19.1 Å². The number of allylic oxidation sites excluding steroid dienone is 1. The molecule has 1 atom stereocenters. The number of pyridine rings is 1. The Hall–Kier alpha value is -3.66. The molecule has 0 spiro atoms. The molecule has 10 heteroatoms. The van der Waals surface area contributed by atoms with Gasteiger partial charge in [0.2, 0.25) is 0 Å². The Morgan fingerprint density at radius 2 is 2.03 bits per heavy atom. The number of imidazole rings is 1. The summed E-state index contributed by atoms with van der Waals surface area (Å²) in [7, 11) is 2.79. The van der Waals surface area contributed by atoms with Gasteiger partial charge in [0.15, 0.2) is 5.82 Å². The summed E-state index contributed by atoms with van der Waals surface area (Å²) < 4.78 is 50.9. The van der Waals surface area contributed by atoms with Crippen molar-refractivity contribution in [3.05, 3.63) is 60.1 Å². The number of hydrogen-bond acceptors (Lipinski definition) is 5. The van der Waals surface area contributed by atoms with Gasteiger partial charge in [0.05, 0.1) is 41.6 Å². The molecule has 0 bridgehead atoms. The highest BCUT2D eigenvalue weighted by atomic mass is 19.3. The quantitative estimate of drug-likeness (QED) is 0.343. The normalized spacial score (nSPS) is 12.9. The van der Waals surface area contributed by atoms with Crippen LogP contribution in [0.25, 0.3) is 33.6 Å². The topological polar surface area (TPSA) is 88.0 Å². The van der Waals surface area contributed by atoms with Gasteiger partial charge in [-0.1, -0.05) is 6.58 Å².